The highest BCUT2D eigenvalue weighted by molar-refractivity contribution is 9.11. The molecular weight excluding hydrogens is 264 g/mol. The van der Waals surface area contributed by atoms with Crippen molar-refractivity contribution in [3.63, 3.8) is 0 Å². The van der Waals surface area contributed by atoms with Gasteiger partial charge in [-0.15, -0.1) is 0 Å². The standard InChI is InChI=1S/C6H8Br2O2/c1-2-3-5(4-7)6(9)10-8/h4H,2-3H2,1H3. The molecule has 0 atom stereocenters. The number of hydrogen-bond donors (Lipinski definition) is 0. The predicted octanol–water partition coefficient (Wildman–Crippen LogP) is 2.92. The van der Waals surface area contributed by atoms with E-state index in [4.69, 9.17) is 0 Å². The van der Waals surface area contributed by atoms with Crippen molar-refractivity contribution in [2.45, 2.75) is 19.8 Å². The van der Waals surface area contributed by atoms with Gasteiger partial charge in [-0.1, -0.05) is 29.3 Å². The minimum atomic E-state index is -0.335. The Kier molecular flexibility index (Phi) is 6.02. The number of rotatable bonds is 3. The smallest absolute Gasteiger partial charge is 0.346 e. The second kappa shape index (κ2) is 5.92. The highest BCUT2D eigenvalue weighted by atomic mass is 79.9. The molecule has 0 rings (SSSR count). The third kappa shape index (κ3) is 3.37. The zero-order valence-electron chi connectivity index (χ0n) is 5.56. The van der Waals surface area contributed by atoms with Gasteiger partial charge < -0.3 is 3.83 Å². The average molecular weight is 272 g/mol. The van der Waals surface area contributed by atoms with Crippen LogP contribution >= 0.6 is 32.2 Å². The van der Waals surface area contributed by atoms with E-state index in [0.29, 0.717) is 5.57 Å². The molecule has 0 unspecified atom stereocenters. The third-order valence-electron chi connectivity index (χ3n) is 0.983. The fourth-order valence-electron chi connectivity index (χ4n) is 0.520. The highest BCUT2D eigenvalue weighted by Crippen LogP contribution is 2.10. The van der Waals surface area contributed by atoms with Crippen LogP contribution in [0, 0.1) is 0 Å². The normalized spacial score (nSPS) is 11.3. The Morgan fingerprint density at radius 1 is 1.70 bits per heavy atom. The summed E-state index contributed by atoms with van der Waals surface area (Å²) in [5.74, 6) is -0.335. The van der Waals surface area contributed by atoms with E-state index < -0.39 is 0 Å². The zero-order valence-corrected chi connectivity index (χ0v) is 8.74. The molecule has 0 aromatic heterocycles. The van der Waals surface area contributed by atoms with Gasteiger partial charge in [0.25, 0.3) is 0 Å². The summed E-state index contributed by atoms with van der Waals surface area (Å²) < 4.78 is 4.33. The Labute approximate surface area is 77.2 Å². The average Bonchev–Trinajstić information content (AvgIpc) is 1.99. The van der Waals surface area contributed by atoms with Crippen LogP contribution in [0.4, 0.5) is 0 Å². The summed E-state index contributed by atoms with van der Waals surface area (Å²) in [7, 11) is 0. The van der Waals surface area contributed by atoms with E-state index in [0.717, 1.165) is 12.8 Å². The predicted molar refractivity (Wildman–Crippen MR) is 46.9 cm³/mol. The van der Waals surface area contributed by atoms with Crippen LogP contribution in [0.1, 0.15) is 19.8 Å². The fraction of sp³-hybridized carbons (Fsp3) is 0.500. The molecule has 0 aromatic rings. The van der Waals surface area contributed by atoms with Crippen LogP contribution in [0.3, 0.4) is 0 Å². The van der Waals surface area contributed by atoms with Gasteiger partial charge in [-0.25, -0.2) is 4.79 Å². The molecule has 0 heterocycles. The summed E-state index contributed by atoms with van der Waals surface area (Å²) in [5, 5.41) is 0. The summed E-state index contributed by atoms with van der Waals surface area (Å²) in [6.45, 7) is 2.00. The summed E-state index contributed by atoms with van der Waals surface area (Å²) in [6, 6.07) is 0. The molecule has 4 heteroatoms. The lowest BCUT2D eigenvalue weighted by atomic mass is 10.2. The molecule has 0 fully saturated rings. The maximum atomic E-state index is 10.8. The highest BCUT2D eigenvalue weighted by Gasteiger charge is 2.07. The van der Waals surface area contributed by atoms with Gasteiger partial charge in [0.05, 0.1) is 0 Å². The summed E-state index contributed by atoms with van der Waals surface area (Å²) in [4.78, 5) is 12.3. The van der Waals surface area contributed by atoms with E-state index in [1.807, 2.05) is 6.92 Å². The van der Waals surface area contributed by atoms with E-state index in [-0.39, 0.29) is 5.97 Å². The second-order valence-electron chi connectivity index (χ2n) is 1.75. The van der Waals surface area contributed by atoms with Crippen LogP contribution in [-0.2, 0) is 8.62 Å². The SMILES string of the molecule is CCCC(=CBr)C(=O)OBr. The molecule has 0 radical (unpaired) electrons. The number of halogens is 2. The number of hydrogen-bond acceptors (Lipinski definition) is 2. The summed E-state index contributed by atoms with van der Waals surface area (Å²) in [5.41, 5.74) is 0.638. The van der Waals surface area contributed by atoms with Gasteiger partial charge in [-0.3, -0.25) is 0 Å². The first-order valence-electron chi connectivity index (χ1n) is 2.88. The second-order valence-corrected chi connectivity index (χ2v) is 2.53. The first-order chi connectivity index (χ1) is 4.76. The molecule has 10 heavy (non-hydrogen) atoms. The lowest BCUT2D eigenvalue weighted by Gasteiger charge is -1.97. The zero-order chi connectivity index (χ0) is 7.98. The summed E-state index contributed by atoms with van der Waals surface area (Å²) >= 11 is 5.69. The van der Waals surface area contributed by atoms with Gasteiger partial charge in [0.2, 0.25) is 0 Å². The lowest BCUT2D eigenvalue weighted by Crippen LogP contribution is -2.00. The molecule has 0 spiro atoms. The van der Waals surface area contributed by atoms with Crippen molar-refractivity contribution in [2.75, 3.05) is 0 Å². The monoisotopic (exact) mass is 270 g/mol. The molecule has 0 saturated heterocycles. The third-order valence-corrected chi connectivity index (χ3v) is 1.83. The quantitative estimate of drug-likeness (QED) is 0.738. The molecule has 2 nitrogen and oxygen atoms in total. The molecule has 0 aromatic carbocycles. The van der Waals surface area contributed by atoms with E-state index in [9.17, 15) is 4.79 Å². The molecule has 0 bridgehead atoms. The van der Waals surface area contributed by atoms with Crippen molar-refractivity contribution in [3.05, 3.63) is 10.6 Å². The Morgan fingerprint density at radius 3 is 2.60 bits per heavy atom. The van der Waals surface area contributed by atoms with Crippen molar-refractivity contribution in [1.82, 2.24) is 0 Å². The van der Waals surface area contributed by atoms with Crippen molar-refractivity contribution >= 4 is 38.2 Å². The van der Waals surface area contributed by atoms with Crippen molar-refractivity contribution in [3.8, 4) is 0 Å². The van der Waals surface area contributed by atoms with E-state index in [2.05, 4.69) is 36.0 Å². The number of carbonyl (C=O) groups excluding carboxylic acids is 1. The van der Waals surface area contributed by atoms with Gasteiger partial charge in [0.15, 0.2) is 16.3 Å². The van der Waals surface area contributed by atoms with Crippen molar-refractivity contribution < 1.29 is 8.62 Å². The molecule has 58 valence electrons. The van der Waals surface area contributed by atoms with Crippen LogP contribution in [-0.4, -0.2) is 5.97 Å². The maximum Gasteiger partial charge on any atom is 0.346 e. The first kappa shape index (κ1) is 10.2. The van der Waals surface area contributed by atoms with Crippen LogP contribution in [0.15, 0.2) is 10.6 Å². The lowest BCUT2D eigenvalue weighted by molar-refractivity contribution is -0.128. The first-order valence-corrected chi connectivity index (χ1v) is 4.44. The van der Waals surface area contributed by atoms with Gasteiger partial charge >= 0.3 is 5.97 Å². The minimum absolute atomic E-state index is 0.335. The van der Waals surface area contributed by atoms with Crippen LogP contribution < -0.4 is 0 Å². The Balaban J connectivity index is 3.95. The topological polar surface area (TPSA) is 26.3 Å². The van der Waals surface area contributed by atoms with Gasteiger partial charge in [0, 0.05) is 5.57 Å². The van der Waals surface area contributed by atoms with E-state index in [1.54, 1.807) is 4.99 Å². The van der Waals surface area contributed by atoms with Crippen molar-refractivity contribution in [2.24, 2.45) is 0 Å². The Bertz CT molecular complexity index is 143. The largest absolute Gasteiger partial charge is 0.380 e. The van der Waals surface area contributed by atoms with Crippen LogP contribution in [0.5, 0.6) is 0 Å². The molecule has 0 aliphatic heterocycles. The molecular formula is C6H8Br2O2. The van der Waals surface area contributed by atoms with E-state index in [1.165, 1.54) is 0 Å². The molecule has 0 N–H and O–H groups in total. The van der Waals surface area contributed by atoms with Gasteiger partial charge in [-0.2, -0.15) is 0 Å². The van der Waals surface area contributed by atoms with Crippen LogP contribution in [0.2, 0.25) is 0 Å². The van der Waals surface area contributed by atoms with Crippen LogP contribution in [0.25, 0.3) is 0 Å². The van der Waals surface area contributed by atoms with E-state index >= 15 is 0 Å². The molecule has 0 aliphatic rings. The Hall–Kier alpha value is 0.170. The number of carbonyl (C=O) groups is 1. The molecule has 0 aliphatic carbocycles. The summed E-state index contributed by atoms with van der Waals surface area (Å²) in [6.07, 6.45) is 1.66. The van der Waals surface area contributed by atoms with Gasteiger partial charge in [0.1, 0.15) is 0 Å². The Morgan fingerprint density at radius 2 is 2.30 bits per heavy atom. The molecule has 0 saturated carbocycles. The fourth-order valence-corrected chi connectivity index (χ4v) is 1.14. The minimum Gasteiger partial charge on any atom is -0.380 e. The molecule has 0 amide bonds. The van der Waals surface area contributed by atoms with Crippen molar-refractivity contribution in [1.29, 1.82) is 0 Å². The van der Waals surface area contributed by atoms with Gasteiger partial charge in [-0.05, 0) is 11.4 Å². The maximum absolute atomic E-state index is 10.8.